The normalized spacial score (nSPS) is 32.3. The second-order valence-corrected chi connectivity index (χ2v) is 6.69. The van der Waals surface area contributed by atoms with Crippen LogP contribution in [0.1, 0.15) is 18.4 Å². The minimum Gasteiger partial charge on any atom is -0.376 e. The predicted octanol–water partition coefficient (Wildman–Crippen LogP) is 3.68. The van der Waals surface area contributed by atoms with Crippen LogP contribution < -0.4 is 5.32 Å². The third-order valence-corrected chi connectivity index (χ3v) is 5.34. The molecule has 1 saturated carbocycles. The largest absolute Gasteiger partial charge is 0.376 e. The number of benzene rings is 1. The number of allylic oxidation sites excluding steroid dienone is 1. The first-order valence-electron chi connectivity index (χ1n) is 8.28. The van der Waals surface area contributed by atoms with Crippen LogP contribution in [0.2, 0.25) is 0 Å². The Hall–Kier alpha value is -1.81. The van der Waals surface area contributed by atoms with Crippen LogP contribution in [-0.2, 0) is 11.3 Å². The van der Waals surface area contributed by atoms with E-state index in [0.717, 1.165) is 31.5 Å². The van der Waals surface area contributed by atoms with Crippen molar-refractivity contribution in [3.05, 3.63) is 59.0 Å². The van der Waals surface area contributed by atoms with E-state index in [0.29, 0.717) is 31.0 Å². The SMILES string of the molecule is C=CC[C@H]1[C@@H]2CNC[C@@H]2CC1(COCc1ccccc1)N=[N+]=[N-]. The topological polar surface area (TPSA) is 70.0 Å². The Bertz CT molecular complexity index is 584. The van der Waals surface area contributed by atoms with E-state index in [-0.39, 0.29) is 0 Å². The highest BCUT2D eigenvalue weighted by Crippen LogP contribution is 2.50. The van der Waals surface area contributed by atoms with Gasteiger partial charge in [0.15, 0.2) is 0 Å². The van der Waals surface area contributed by atoms with E-state index in [1.165, 1.54) is 0 Å². The Balaban J connectivity index is 1.73. The summed E-state index contributed by atoms with van der Waals surface area (Å²) in [5.74, 6) is 1.44. The van der Waals surface area contributed by atoms with Crippen molar-refractivity contribution < 1.29 is 4.74 Å². The van der Waals surface area contributed by atoms with Crippen molar-refractivity contribution in [2.45, 2.75) is 25.0 Å². The van der Waals surface area contributed by atoms with Crippen LogP contribution in [-0.4, -0.2) is 25.2 Å². The van der Waals surface area contributed by atoms with Crippen LogP contribution in [0.4, 0.5) is 0 Å². The maximum absolute atomic E-state index is 9.12. The van der Waals surface area contributed by atoms with Crippen molar-refractivity contribution in [1.82, 2.24) is 5.32 Å². The van der Waals surface area contributed by atoms with Crippen LogP contribution >= 0.6 is 0 Å². The van der Waals surface area contributed by atoms with Gasteiger partial charge in [0.2, 0.25) is 0 Å². The molecule has 0 aromatic heterocycles. The molecule has 0 amide bonds. The Kier molecular flexibility index (Phi) is 5.01. The van der Waals surface area contributed by atoms with Gasteiger partial charge < -0.3 is 10.1 Å². The highest BCUT2D eigenvalue weighted by atomic mass is 16.5. The predicted molar refractivity (Wildman–Crippen MR) is 90.7 cm³/mol. The van der Waals surface area contributed by atoms with E-state index in [2.05, 4.69) is 34.1 Å². The molecule has 4 atom stereocenters. The zero-order valence-electron chi connectivity index (χ0n) is 13.4. The van der Waals surface area contributed by atoms with E-state index < -0.39 is 5.54 Å². The molecular formula is C18H24N4O. The lowest BCUT2D eigenvalue weighted by atomic mass is 9.81. The number of hydrogen-bond acceptors (Lipinski definition) is 3. The quantitative estimate of drug-likeness (QED) is 0.361. The van der Waals surface area contributed by atoms with Crippen LogP contribution in [0.3, 0.4) is 0 Å². The third kappa shape index (κ3) is 3.27. The molecule has 1 saturated heterocycles. The molecule has 0 bridgehead atoms. The number of hydrogen-bond donors (Lipinski definition) is 1. The number of fused-ring (bicyclic) bond motifs is 1. The van der Waals surface area contributed by atoms with Gasteiger partial charge in [-0.15, -0.1) is 6.58 Å². The summed E-state index contributed by atoms with van der Waals surface area (Å²) >= 11 is 0. The number of nitrogens with zero attached hydrogens (tertiary/aromatic N) is 3. The monoisotopic (exact) mass is 312 g/mol. The molecule has 1 unspecified atom stereocenters. The highest BCUT2D eigenvalue weighted by Gasteiger charge is 2.54. The lowest BCUT2D eigenvalue weighted by Crippen LogP contribution is -2.39. The third-order valence-electron chi connectivity index (χ3n) is 5.34. The molecule has 5 heteroatoms. The van der Waals surface area contributed by atoms with Crippen molar-refractivity contribution in [2.24, 2.45) is 22.9 Å². The molecule has 1 N–H and O–H groups in total. The molecule has 122 valence electrons. The summed E-state index contributed by atoms with van der Waals surface area (Å²) in [4.78, 5) is 3.17. The molecule has 2 fully saturated rings. The van der Waals surface area contributed by atoms with Crippen LogP contribution in [0.25, 0.3) is 10.4 Å². The second-order valence-electron chi connectivity index (χ2n) is 6.69. The molecule has 1 aromatic rings. The molecule has 0 spiro atoms. The van der Waals surface area contributed by atoms with Gasteiger partial charge >= 0.3 is 0 Å². The number of ether oxygens (including phenoxy) is 1. The highest BCUT2D eigenvalue weighted by molar-refractivity contribution is 5.14. The number of rotatable bonds is 7. The van der Waals surface area contributed by atoms with E-state index in [1.807, 2.05) is 24.3 Å². The number of azide groups is 1. The van der Waals surface area contributed by atoms with Crippen molar-refractivity contribution in [3.63, 3.8) is 0 Å². The fraction of sp³-hybridized carbons (Fsp3) is 0.556. The van der Waals surface area contributed by atoms with Gasteiger partial charge in [-0.2, -0.15) is 0 Å². The lowest BCUT2D eigenvalue weighted by molar-refractivity contribution is 0.0524. The summed E-state index contributed by atoms with van der Waals surface area (Å²) in [5.41, 5.74) is 9.83. The molecule has 23 heavy (non-hydrogen) atoms. The average molecular weight is 312 g/mol. The first-order valence-corrected chi connectivity index (χ1v) is 8.28. The van der Waals surface area contributed by atoms with E-state index in [9.17, 15) is 0 Å². The van der Waals surface area contributed by atoms with Gasteiger partial charge in [-0.25, -0.2) is 0 Å². The van der Waals surface area contributed by atoms with Crippen molar-refractivity contribution in [1.29, 1.82) is 0 Å². The molecule has 1 aromatic carbocycles. The fourth-order valence-electron chi connectivity index (χ4n) is 4.34. The molecule has 1 heterocycles. The fourth-order valence-corrected chi connectivity index (χ4v) is 4.34. The zero-order valence-corrected chi connectivity index (χ0v) is 13.4. The van der Waals surface area contributed by atoms with Gasteiger partial charge in [0, 0.05) is 4.91 Å². The van der Waals surface area contributed by atoms with E-state index in [4.69, 9.17) is 10.3 Å². The van der Waals surface area contributed by atoms with Crippen LogP contribution in [0, 0.1) is 17.8 Å². The Labute approximate surface area is 137 Å². The zero-order chi connectivity index (χ0) is 16.1. The van der Waals surface area contributed by atoms with Crippen molar-refractivity contribution in [3.8, 4) is 0 Å². The minimum atomic E-state index is -0.435. The molecule has 1 aliphatic heterocycles. The van der Waals surface area contributed by atoms with Crippen LogP contribution in [0.5, 0.6) is 0 Å². The summed E-state index contributed by atoms with van der Waals surface area (Å²) in [6.07, 6.45) is 3.72. The maximum atomic E-state index is 9.12. The first kappa shape index (κ1) is 16.1. The Morgan fingerprint density at radius 3 is 2.96 bits per heavy atom. The second kappa shape index (κ2) is 7.18. The molecule has 3 rings (SSSR count). The summed E-state index contributed by atoms with van der Waals surface area (Å²) in [7, 11) is 0. The van der Waals surface area contributed by atoms with Gasteiger partial charge in [0.1, 0.15) is 0 Å². The van der Waals surface area contributed by atoms with Crippen molar-refractivity contribution >= 4 is 0 Å². The number of nitrogens with one attached hydrogen (secondary N) is 1. The lowest BCUT2D eigenvalue weighted by Gasteiger charge is -2.32. The van der Waals surface area contributed by atoms with Crippen molar-refractivity contribution in [2.75, 3.05) is 19.7 Å². The van der Waals surface area contributed by atoms with Gasteiger partial charge in [0.25, 0.3) is 0 Å². The van der Waals surface area contributed by atoms with E-state index in [1.54, 1.807) is 0 Å². The molecule has 0 radical (unpaired) electrons. The van der Waals surface area contributed by atoms with Gasteiger partial charge in [-0.05, 0) is 54.8 Å². The molecular weight excluding hydrogens is 288 g/mol. The molecule has 5 nitrogen and oxygen atoms in total. The average Bonchev–Trinajstić information content (AvgIpc) is 3.11. The smallest absolute Gasteiger partial charge is 0.0758 e. The molecule has 2 aliphatic rings. The van der Waals surface area contributed by atoms with Gasteiger partial charge in [0.05, 0.1) is 18.8 Å². The maximum Gasteiger partial charge on any atom is 0.0758 e. The summed E-state index contributed by atoms with van der Waals surface area (Å²) in [5, 5.41) is 7.71. The Morgan fingerprint density at radius 2 is 2.22 bits per heavy atom. The summed E-state index contributed by atoms with van der Waals surface area (Å²) < 4.78 is 5.98. The summed E-state index contributed by atoms with van der Waals surface area (Å²) in [6, 6.07) is 10.1. The van der Waals surface area contributed by atoms with Crippen LogP contribution in [0.15, 0.2) is 48.1 Å². The Morgan fingerprint density at radius 1 is 1.39 bits per heavy atom. The van der Waals surface area contributed by atoms with Gasteiger partial charge in [-0.3, -0.25) is 0 Å². The standard InChI is InChI=1S/C18H24N4O/c1-2-6-17-16-11-20-10-15(16)9-18(17,21-22-19)13-23-12-14-7-4-3-5-8-14/h2-5,7-8,15-17,20H,1,6,9-13H2/t15-,16+,17-,18?/m0/s1. The van der Waals surface area contributed by atoms with Gasteiger partial charge in [-0.1, -0.05) is 41.5 Å². The van der Waals surface area contributed by atoms with E-state index >= 15 is 0 Å². The summed E-state index contributed by atoms with van der Waals surface area (Å²) in [6.45, 7) is 6.95. The first-order chi connectivity index (χ1) is 11.3. The minimum absolute atomic E-state index is 0.312. The molecule has 1 aliphatic carbocycles.